The third kappa shape index (κ3) is 2.31. The maximum Gasteiger partial charge on any atom is 0.248 e. The molecule has 9 nitrogen and oxygen atoms in total. The number of benzene rings is 1. The highest BCUT2D eigenvalue weighted by Gasteiger charge is 2.37. The number of rotatable bonds is 3. The number of allylic oxidation sites excluding steroid dienone is 2. The number of hydrogen-bond donors (Lipinski definition) is 2. The van der Waals surface area contributed by atoms with E-state index in [-0.39, 0.29) is 23.0 Å². The lowest BCUT2D eigenvalue weighted by Crippen LogP contribution is -2.31. The molecule has 25 heavy (non-hydrogen) atoms. The largest absolute Gasteiger partial charge is 0.502 e. The van der Waals surface area contributed by atoms with Gasteiger partial charge in [0.15, 0.2) is 17.3 Å². The Morgan fingerprint density at radius 1 is 1.24 bits per heavy atom. The van der Waals surface area contributed by atoms with Crippen molar-refractivity contribution in [2.24, 2.45) is 0 Å². The Balaban J connectivity index is 1.94. The maximum absolute atomic E-state index is 12.6. The molecule has 2 aromatic rings. The monoisotopic (exact) mass is 343 g/mol. The summed E-state index contributed by atoms with van der Waals surface area (Å²) < 4.78 is 12.1. The maximum atomic E-state index is 12.6. The number of ether oxygens (including phenoxy) is 2. The first-order valence-electron chi connectivity index (χ1n) is 7.90. The van der Waals surface area contributed by atoms with Crippen molar-refractivity contribution in [3.8, 4) is 17.2 Å². The van der Waals surface area contributed by atoms with Crippen molar-refractivity contribution < 1.29 is 19.4 Å². The molecule has 0 amide bonds. The molecule has 2 aliphatic rings. The van der Waals surface area contributed by atoms with Gasteiger partial charge < -0.3 is 19.9 Å². The molecule has 1 aliphatic carbocycles. The molecule has 0 fully saturated rings. The Morgan fingerprint density at radius 3 is 2.64 bits per heavy atom. The lowest BCUT2D eigenvalue weighted by Gasteiger charge is -2.31. The molecule has 1 aromatic heterocycles. The highest BCUT2D eigenvalue weighted by molar-refractivity contribution is 5.99. The van der Waals surface area contributed by atoms with Gasteiger partial charge in [-0.1, -0.05) is 5.10 Å². The van der Waals surface area contributed by atoms with Crippen LogP contribution in [0.3, 0.4) is 0 Å². The minimum absolute atomic E-state index is 0.0610. The van der Waals surface area contributed by atoms with Gasteiger partial charge in [-0.25, -0.2) is 0 Å². The van der Waals surface area contributed by atoms with Crippen LogP contribution in [0.2, 0.25) is 0 Å². The van der Waals surface area contributed by atoms with Gasteiger partial charge in [0, 0.05) is 17.7 Å². The van der Waals surface area contributed by atoms with E-state index >= 15 is 0 Å². The molecule has 1 atom stereocenters. The minimum atomic E-state index is -0.502. The molecule has 2 N–H and O–H groups in total. The molecule has 2 heterocycles. The number of tetrazole rings is 1. The van der Waals surface area contributed by atoms with Crippen molar-refractivity contribution in [2.45, 2.75) is 25.3 Å². The van der Waals surface area contributed by atoms with E-state index in [1.807, 2.05) is 0 Å². The number of aromatic nitrogens is 4. The Bertz CT molecular complexity index is 863. The summed E-state index contributed by atoms with van der Waals surface area (Å²) in [7, 11) is 2.92. The van der Waals surface area contributed by atoms with E-state index in [0.717, 1.165) is 18.5 Å². The standard InChI is InChI=1S/C16H17N5O4/c1-24-11-6-8(7-12(25-2)15(11)23)14-13-9(4-3-5-10(13)22)17-16-18-19-20-21(14)16/h6-7,14,23H,3-5H2,1-2H3,(H,17,18,20)/t14-/m1/s1. The molecule has 0 saturated carbocycles. The number of carbonyl (C=O) groups excluding carboxylic acids is 1. The Hall–Kier alpha value is -3.10. The summed E-state index contributed by atoms with van der Waals surface area (Å²) in [5.74, 6) is 0.958. The number of anilines is 1. The van der Waals surface area contributed by atoms with Gasteiger partial charge in [-0.15, -0.1) is 0 Å². The summed E-state index contributed by atoms with van der Waals surface area (Å²) in [5.41, 5.74) is 2.18. The first kappa shape index (κ1) is 15.4. The minimum Gasteiger partial charge on any atom is -0.502 e. The molecule has 0 spiro atoms. The predicted molar refractivity (Wildman–Crippen MR) is 86.7 cm³/mol. The summed E-state index contributed by atoms with van der Waals surface area (Å²) in [6, 6.07) is 2.84. The summed E-state index contributed by atoms with van der Waals surface area (Å²) in [6.45, 7) is 0. The zero-order valence-electron chi connectivity index (χ0n) is 13.8. The number of nitrogens with zero attached hydrogens (tertiary/aromatic N) is 4. The summed E-state index contributed by atoms with van der Waals surface area (Å²) in [5, 5.41) is 25.1. The Labute approximate surface area is 143 Å². The summed E-state index contributed by atoms with van der Waals surface area (Å²) >= 11 is 0. The van der Waals surface area contributed by atoms with Gasteiger partial charge in [-0.3, -0.25) is 4.79 Å². The molecular weight excluding hydrogens is 326 g/mol. The van der Waals surface area contributed by atoms with Crippen LogP contribution in [-0.2, 0) is 4.79 Å². The van der Waals surface area contributed by atoms with E-state index in [0.29, 0.717) is 23.5 Å². The third-order valence-corrected chi connectivity index (χ3v) is 4.55. The number of phenolic OH excluding ortho intramolecular Hbond substituents is 1. The average Bonchev–Trinajstić information content (AvgIpc) is 3.08. The van der Waals surface area contributed by atoms with Crippen LogP contribution in [0.15, 0.2) is 23.4 Å². The topological polar surface area (TPSA) is 111 Å². The van der Waals surface area contributed by atoms with E-state index in [4.69, 9.17) is 9.47 Å². The van der Waals surface area contributed by atoms with Gasteiger partial charge in [-0.05, 0) is 41.0 Å². The van der Waals surface area contributed by atoms with Gasteiger partial charge >= 0.3 is 0 Å². The molecule has 0 saturated heterocycles. The number of methoxy groups -OCH3 is 2. The molecular formula is C16H17N5O4. The highest BCUT2D eigenvalue weighted by Crippen LogP contribution is 2.44. The Morgan fingerprint density at radius 2 is 1.96 bits per heavy atom. The molecule has 130 valence electrons. The fraction of sp³-hybridized carbons (Fsp3) is 0.375. The molecule has 0 radical (unpaired) electrons. The number of aromatic hydroxyl groups is 1. The van der Waals surface area contributed by atoms with Crippen LogP contribution in [-0.4, -0.2) is 45.3 Å². The van der Waals surface area contributed by atoms with E-state index in [1.165, 1.54) is 14.2 Å². The van der Waals surface area contributed by atoms with E-state index < -0.39 is 6.04 Å². The quantitative estimate of drug-likeness (QED) is 0.860. The lowest BCUT2D eigenvalue weighted by atomic mass is 9.85. The molecule has 4 rings (SSSR count). The molecule has 1 aliphatic heterocycles. The fourth-order valence-electron chi connectivity index (χ4n) is 3.40. The number of nitrogens with one attached hydrogen (secondary N) is 1. The molecule has 9 heteroatoms. The van der Waals surface area contributed by atoms with Crippen LogP contribution in [0.4, 0.5) is 5.95 Å². The number of hydrogen-bond acceptors (Lipinski definition) is 8. The average molecular weight is 343 g/mol. The number of phenols is 1. The van der Waals surface area contributed by atoms with Crippen molar-refractivity contribution in [1.82, 2.24) is 20.2 Å². The van der Waals surface area contributed by atoms with Gasteiger partial charge in [0.05, 0.1) is 14.2 Å². The van der Waals surface area contributed by atoms with E-state index in [2.05, 4.69) is 20.8 Å². The van der Waals surface area contributed by atoms with Crippen molar-refractivity contribution in [3.05, 3.63) is 29.0 Å². The second-order valence-electron chi connectivity index (χ2n) is 5.92. The summed E-state index contributed by atoms with van der Waals surface area (Å²) in [6.07, 6.45) is 2.04. The van der Waals surface area contributed by atoms with Crippen molar-refractivity contribution >= 4 is 11.7 Å². The van der Waals surface area contributed by atoms with Gasteiger partial charge in [0.25, 0.3) is 0 Å². The number of ketones is 1. The van der Waals surface area contributed by atoms with Crippen molar-refractivity contribution in [3.63, 3.8) is 0 Å². The van der Waals surface area contributed by atoms with E-state index in [9.17, 15) is 9.90 Å². The number of carbonyl (C=O) groups is 1. The zero-order chi connectivity index (χ0) is 17.6. The van der Waals surface area contributed by atoms with Crippen LogP contribution in [0, 0.1) is 0 Å². The number of Topliss-reactive ketones (excluding diaryl/α,β-unsaturated/α-hetero) is 1. The lowest BCUT2D eigenvalue weighted by molar-refractivity contribution is -0.116. The first-order chi connectivity index (χ1) is 12.1. The predicted octanol–water partition coefficient (Wildman–Crippen LogP) is 1.42. The van der Waals surface area contributed by atoms with Gasteiger partial charge in [0.1, 0.15) is 6.04 Å². The van der Waals surface area contributed by atoms with Crippen molar-refractivity contribution in [1.29, 1.82) is 0 Å². The third-order valence-electron chi connectivity index (χ3n) is 4.55. The highest BCUT2D eigenvalue weighted by atomic mass is 16.5. The van der Waals surface area contributed by atoms with E-state index in [1.54, 1.807) is 16.8 Å². The smallest absolute Gasteiger partial charge is 0.248 e. The first-order valence-corrected chi connectivity index (χ1v) is 7.90. The fourth-order valence-corrected chi connectivity index (χ4v) is 3.40. The van der Waals surface area contributed by atoms with Crippen LogP contribution >= 0.6 is 0 Å². The Kier molecular flexibility index (Phi) is 3.56. The molecule has 0 bridgehead atoms. The van der Waals surface area contributed by atoms with Crippen LogP contribution < -0.4 is 14.8 Å². The molecule has 0 unspecified atom stereocenters. The van der Waals surface area contributed by atoms with Crippen molar-refractivity contribution in [2.75, 3.05) is 19.5 Å². The normalized spacial score (nSPS) is 19.1. The second-order valence-corrected chi connectivity index (χ2v) is 5.92. The number of fused-ring (bicyclic) bond motifs is 1. The van der Waals surface area contributed by atoms with Gasteiger partial charge in [-0.2, -0.15) is 4.68 Å². The summed E-state index contributed by atoms with van der Waals surface area (Å²) in [4.78, 5) is 12.6. The second kappa shape index (κ2) is 5.76. The molecule has 1 aromatic carbocycles. The zero-order valence-corrected chi connectivity index (χ0v) is 13.8. The van der Waals surface area contributed by atoms with Crippen LogP contribution in [0.5, 0.6) is 17.2 Å². The SMILES string of the molecule is COc1cc([C@@H]2C3=C(CCCC3=O)Nc3nnnn32)cc(OC)c1O. The van der Waals surface area contributed by atoms with Crippen LogP contribution in [0.25, 0.3) is 0 Å². The van der Waals surface area contributed by atoms with Crippen LogP contribution in [0.1, 0.15) is 30.9 Å². The van der Waals surface area contributed by atoms with Gasteiger partial charge in [0.2, 0.25) is 11.7 Å².